The zero-order valence-corrected chi connectivity index (χ0v) is 15.7. The number of aryl methyl sites for hydroxylation is 1. The van der Waals surface area contributed by atoms with Crippen LogP contribution in [0.25, 0.3) is 0 Å². The molecule has 0 saturated heterocycles. The average Bonchev–Trinajstić information content (AvgIpc) is 3.10. The lowest BCUT2D eigenvalue weighted by atomic mass is 10.0. The molecular formula is C21H20N4O4. The quantitative estimate of drug-likeness (QED) is 0.477. The van der Waals surface area contributed by atoms with Gasteiger partial charge in [0.1, 0.15) is 0 Å². The van der Waals surface area contributed by atoms with Crippen LogP contribution in [0.2, 0.25) is 0 Å². The Labute approximate surface area is 167 Å². The van der Waals surface area contributed by atoms with Crippen LogP contribution >= 0.6 is 0 Å². The van der Waals surface area contributed by atoms with Gasteiger partial charge >= 0.3 is 0 Å². The molecule has 0 N–H and O–H groups in total. The van der Waals surface area contributed by atoms with Gasteiger partial charge in [0.25, 0.3) is 11.4 Å². The monoisotopic (exact) mass is 392 g/mol. The van der Waals surface area contributed by atoms with Gasteiger partial charge in [-0.15, -0.1) is 0 Å². The van der Waals surface area contributed by atoms with E-state index >= 15 is 0 Å². The molecule has 1 aromatic heterocycles. The second kappa shape index (κ2) is 7.84. The first-order valence-corrected chi connectivity index (χ1v) is 9.40. The molecule has 0 fully saturated rings. The van der Waals surface area contributed by atoms with Gasteiger partial charge in [-0.3, -0.25) is 25.1 Å². The summed E-state index contributed by atoms with van der Waals surface area (Å²) in [6.45, 7) is 2.25. The van der Waals surface area contributed by atoms with Gasteiger partial charge in [0.2, 0.25) is 0 Å². The second-order valence-corrected chi connectivity index (χ2v) is 7.13. The SMILES string of the molecule is O=[N+]([O-])c1ccc(C2c3cccn3CCCN2Cc2cccc([N+](=O)[O-])c2)cc1. The zero-order valence-electron chi connectivity index (χ0n) is 15.7. The maximum absolute atomic E-state index is 11.1. The maximum Gasteiger partial charge on any atom is 0.269 e. The minimum absolute atomic E-state index is 0.0583. The summed E-state index contributed by atoms with van der Waals surface area (Å²) in [5.41, 5.74) is 3.08. The Kier molecular flexibility index (Phi) is 5.09. The van der Waals surface area contributed by atoms with Gasteiger partial charge in [-0.05, 0) is 29.7 Å². The number of nitrogens with zero attached hydrogens (tertiary/aromatic N) is 4. The molecule has 2 aromatic carbocycles. The molecular weight excluding hydrogens is 372 g/mol. The van der Waals surface area contributed by atoms with E-state index < -0.39 is 4.92 Å². The highest BCUT2D eigenvalue weighted by Crippen LogP contribution is 2.34. The van der Waals surface area contributed by atoms with Crippen LogP contribution in [0.15, 0.2) is 66.9 Å². The Bertz CT molecular complexity index is 1040. The van der Waals surface area contributed by atoms with Gasteiger partial charge < -0.3 is 4.57 Å². The van der Waals surface area contributed by atoms with Crippen molar-refractivity contribution in [1.82, 2.24) is 9.47 Å². The Morgan fingerprint density at radius 1 is 0.897 bits per heavy atom. The van der Waals surface area contributed by atoms with Crippen LogP contribution in [0.5, 0.6) is 0 Å². The molecule has 8 nitrogen and oxygen atoms in total. The lowest BCUT2D eigenvalue weighted by molar-refractivity contribution is -0.385. The summed E-state index contributed by atoms with van der Waals surface area (Å²) in [5, 5.41) is 22.2. The smallest absolute Gasteiger partial charge is 0.269 e. The molecule has 1 aliphatic rings. The van der Waals surface area contributed by atoms with Crippen LogP contribution in [-0.4, -0.2) is 25.9 Å². The Balaban J connectivity index is 1.72. The first-order valence-electron chi connectivity index (χ1n) is 9.40. The van der Waals surface area contributed by atoms with Crippen molar-refractivity contribution in [2.45, 2.75) is 25.6 Å². The molecule has 0 bridgehead atoms. The minimum atomic E-state index is -0.402. The van der Waals surface area contributed by atoms with E-state index in [1.807, 2.05) is 18.3 Å². The number of fused-ring (bicyclic) bond motifs is 1. The first-order chi connectivity index (χ1) is 14.0. The van der Waals surface area contributed by atoms with Gasteiger partial charge in [-0.2, -0.15) is 0 Å². The Morgan fingerprint density at radius 2 is 1.66 bits per heavy atom. The first kappa shape index (κ1) is 18.8. The summed E-state index contributed by atoms with van der Waals surface area (Å²) < 4.78 is 2.21. The molecule has 3 aromatic rings. The fourth-order valence-corrected chi connectivity index (χ4v) is 3.97. The topological polar surface area (TPSA) is 94.5 Å². The molecule has 0 spiro atoms. The number of non-ortho nitro benzene ring substituents is 2. The van der Waals surface area contributed by atoms with Crippen LogP contribution in [0.4, 0.5) is 11.4 Å². The van der Waals surface area contributed by atoms with Gasteiger partial charge in [-0.1, -0.05) is 24.3 Å². The predicted octanol–water partition coefficient (Wildman–Crippen LogP) is 4.30. The number of nitro benzene ring substituents is 2. The molecule has 1 unspecified atom stereocenters. The van der Waals surface area contributed by atoms with Crippen molar-refractivity contribution in [3.63, 3.8) is 0 Å². The molecule has 29 heavy (non-hydrogen) atoms. The van der Waals surface area contributed by atoms with Crippen molar-refractivity contribution >= 4 is 11.4 Å². The Morgan fingerprint density at radius 3 is 2.38 bits per heavy atom. The third-order valence-electron chi connectivity index (χ3n) is 5.28. The van der Waals surface area contributed by atoms with E-state index in [0.717, 1.165) is 36.3 Å². The lowest BCUT2D eigenvalue weighted by Gasteiger charge is -2.30. The molecule has 0 radical (unpaired) electrons. The standard InChI is InChI=1S/C21H20N4O4/c26-24(27)18-9-7-17(8-10-18)21-20-6-2-11-22(20)12-3-13-23(21)15-16-4-1-5-19(14-16)25(28)29/h1-2,4-11,14,21H,3,12-13,15H2. The van der Waals surface area contributed by atoms with E-state index in [4.69, 9.17) is 0 Å². The predicted molar refractivity (Wildman–Crippen MR) is 107 cm³/mol. The summed E-state index contributed by atoms with van der Waals surface area (Å²) in [5.74, 6) is 0. The molecule has 1 atom stereocenters. The normalized spacial score (nSPS) is 16.8. The minimum Gasteiger partial charge on any atom is -0.350 e. The van der Waals surface area contributed by atoms with Crippen molar-refractivity contribution in [1.29, 1.82) is 0 Å². The summed E-state index contributed by atoms with van der Waals surface area (Å²) >= 11 is 0. The van der Waals surface area contributed by atoms with E-state index in [9.17, 15) is 20.2 Å². The molecule has 0 aliphatic carbocycles. The molecule has 4 rings (SSSR count). The van der Waals surface area contributed by atoms with E-state index in [0.29, 0.717) is 6.54 Å². The zero-order chi connectivity index (χ0) is 20.4. The lowest BCUT2D eigenvalue weighted by Crippen LogP contribution is -2.29. The average molecular weight is 392 g/mol. The largest absolute Gasteiger partial charge is 0.350 e. The molecule has 0 amide bonds. The van der Waals surface area contributed by atoms with Crippen molar-refractivity contribution in [2.75, 3.05) is 6.54 Å². The van der Waals surface area contributed by atoms with Gasteiger partial charge in [0.15, 0.2) is 0 Å². The number of aromatic nitrogens is 1. The summed E-state index contributed by atoms with van der Waals surface area (Å²) in [6, 6.07) is 17.3. The van der Waals surface area contributed by atoms with Gasteiger partial charge in [0, 0.05) is 55.8 Å². The molecule has 148 valence electrons. The van der Waals surface area contributed by atoms with Gasteiger partial charge in [0.05, 0.1) is 15.9 Å². The van der Waals surface area contributed by atoms with E-state index in [-0.39, 0.29) is 22.3 Å². The van der Waals surface area contributed by atoms with Crippen molar-refractivity contribution in [3.05, 3.63) is 104 Å². The summed E-state index contributed by atoms with van der Waals surface area (Å²) in [6.07, 6.45) is 2.99. The third kappa shape index (κ3) is 3.88. The second-order valence-electron chi connectivity index (χ2n) is 7.13. The fourth-order valence-electron chi connectivity index (χ4n) is 3.97. The van der Waals surface area contributed by atoms with Crippen molar-refractivity contribution in [2.24, 2.45) is 0 Å². The van der Waals surface area contributed by atoms with E-state index in [1.165, 1.54) is 18.2 Å². The third-order valence-corrected chi connectivity index (χ3v) is 5.28. The van der Waals surface area contributed by atoms with Crippen LogP contribution < -0.4 is 0 Å². The highest BCUT2D eigenvalue weighted by molar-refractivity contribution is 5.38. The molecule has 0 saturated carbocycles. The highest BCUT2D eigenvalue weighted by atomic mass is 16.6. The highest BCUT2D eigenvalue weighted by Gasteiger charge is 2.28. The number of nitro groups is 2. The van der Waals surface area contributed by atoms with E-state index in [1.54, 1.807) is 24.3 Å². The number of benzene rings is 2. The van der Waals surface area contributed by atoms with Crippen LogP contribution in [0.3, 0.4) is 0 Å². The summed E-state index contributed by atoms with van der Waals surface area (Å²) in [4.78, 5) is 23.7. The number of rotatable bonds is 5. The van der Waals surface area contributed by atoms with E-state index in [2.05, 4.69) is 15.5 Å². The fraction of sp³-hybridized carbons (Fsp3) is 0.238. The van der Waals surface area contributed by atoms with Crippen LogP contribution in [-0.2, 0) is 13.1 Å². The maximum atomic E-state index is 11.1. The van der Waals surface area contributed by atoms with Crippen LogP contribution in [0, 0.1) is 20.2 Å². The number of hydrogen-bond donors (Lipinski definition) is 0. The Hall–Kier alpha value is -3.52. The van der Waals surface area contributed by atoms with Gasteiger partial charge in [-0.25, -0.2) is 0 Å². The molecule has 2 heterocycles. The summed E-state index contributed by atoms with van der Waals surface area (Å²) in [7, 11) is 0. The number of hydrogen-bond acceptors (Lipinski definition) is 5. The van der Waals surface area contributed by atoms with Crippen molar-refractivity contribution in [3.8, 4) is 0 Å². The molecule has 1 aliphatic heterocycles. The van der Waals surface area contributed by atoms with Crippen molar-refractivity contribution < 1.29 is 9.85 Å². The molecule has 8 heteroatoms. The van der Waals surface area contributed by atoms with Crippen LogP contribution in [0.1, 0.15) is 29.3 Å².